The van der Waals surface area contributed by atoms with Gasteiger partial charge >= 0.3 is 0 Å². The average Bonchev–Trinajstić information content (AvgIpc) is 3.12. The van der Waals surface area contributed by atoms with Crippen molar-refractivity contribution in [1.29, 1.82) is 0 Å². The third kappa shape index (κ3) is 4.82. The first kappa shape index (κ1) is 19.3. The minimum Gasteiger partial charge on any atom is -0.493 e. The highest BCUT2D eigenvalue weighted by atomic mass is 16.5. The van der Waals surface area contributed by atoms with Crippen molar-refractivity contribution in [3.8, 4) is 17.2 Å². The molecule has 1 N–H and O–H groups in total. The number of carbonyl (C=O) groups is 1. The van der Waals surface area contributed by atoms with Crippen molar-refractivity contribution in [2.75, 3.05) is 19.5 Å². The van der Waals surface area contributed by atoms with Crippen LogP contribution in [0.2, 0.25) is 0 Å². The number of amides is 1. The quantitative estimate of drug-likeness (QED) is 0.649. The standard InChI is InChI=1S/C21H23N3O4/c1-24-11-10-22-20(24)14-28-17-7-5-16(6-8-17)23-21(25)13-15-4-9-18(26-2)19(12-15)27-3/h4-12H,13-14H2,1-3H3,(H,23,25). The highest BCUT2D eigenvalue weighted by molar-refractivity contribution is 5.92. The van der Waals surface area contributed by atoms with Gasteiger partial charge in [0.2, 0.25) is 5.91 Å². The summed E-state index contributed by atoms with van der Waals surface area (Å²) in [6.45, 7) is 0.383. The van der Waals surface area contributed by atoms with Gasteiger partial charge in [-0.2, -0.15) is 0 Å². The number of hydrogen-bond acceptors (Lipinski definition) is 5. The second kappa shape index (κ2) is 8.94. The van der Waals surface area contributed by atoms with Crippen LogP contribution in [0.25, 0.3) is 0 Å². The number of aromatic nitrogens is 2. The lowest BCUT2D eigenvalue weighted by molar-refractivity contribution is -0.115. The molecule has 0 bridgehead atoms. The molecule has 1 heterocycles. The number of nitrogens with one attached hydrogen (secondary N) is 1. The van der Waals surface area contributed by atoms with Crippen LogP contribution in [0.15, 0.2) is 54.9 Å². The predicted octanol–water partition coefficient (Wildman–Crippen LogP) is 3.20. The number of hydrogen-bond donors (Lipinski definition) is 1. The summed E-state index contributed by atoms with van der Waals surface area (Å²) in [6, 6.07) is 12.7. The molecule has 7 heteroatoms. The van der Waals surface area contributed by atoms with Gasteiger partial charge in [0.1, 0.15) is 18.2 Å². The number of rotatable bonds is 8. The lowest BCUT2D eigenvalue weighted by Crippen LogP contribution is -2.14. The molecule has 0 radical (unpaired) electrons. The topological polar surface area (TPSA) is 74.6 Å². The summed E-state index contributed by atoms with van der Waals surface area (Å²) in [6.07, 6.45) is 3.84. The van der Waals surface area contributed by atoms with Crippen molar-refractivity contribution in [3.63, 3.8) is 0 Å². The molecule has 0 spiro atoms. The highest BCUT2D eigenvalue weighted by Gasteiger charge is 2.09. The number of methoxy groups -OCH3 is 2. The molecule has 0 saturated carbocycles. The highest BCUT2D eigenvalue weighted by Crippen LogP contribution is 2.27. The van der Waals surface area contributed by atoms with Gasteiger partial charge < -0.3 is 24.1 Å². The molecule has 3 aromatic rings. The molecule has 1 amide bonds. The predicted molar refractivity (Wildman–Crippen MR) is 106 cm³/mol. The molecule has 146 valence electrons. The van der Waals surface area contributed by atoms with E-state index in [1.165, 1.54) is 0 Å². The molecular formula is C21H23N3O4. The molecule has 28 heavy (non-hydrogen) atoms. The largest absolute Gasteiger partial charge is 0.493 e. The van der Waals surface area contributed by atoms with E-state index in [9.17, 15) is 4.79 Å². The SMILES string of the molecule is COc1ccc(CC(=O)Nc2ccc(OCc3nccn3C)cc2)cc1OC. The summed E-state index contributed by atoms with van der Waals surface area (Å²) in [7, 11) is 5.07. The van der Waals surface area contributed by atoms with Crippen LogP contribution in [0, 0.1) is 0 Å². The first-order valence-electron chi connectivity index (χ1n) is 8.79. The Bertz CT molecular complexity index is 935. The third-order valence-corrected chi connectivity index (χ3v) is 4.24. The molecule has 2 aromatic carbocycles. The molecule has 0 aliphatic rings. The second-order valence-corrected chi connectivity index (χ2v) is 6.18. The van der Waals surface area contributed by atoms with E-state index in [4.69, 9.17) is 14.2 Å². The van der Waals surface area contributed by atoms with Gasteiger partial charge in [-0.1, -0.05) is 6.07 Å². The average molecular weight is 381 g/mol. The van der Waals surface area contributed by atoms with Crippen LogP contribution in [-0.4, -0.2) is 29.7 Å². The molecular weight excluding hydrogens is 358 g/mol. The van der Waals surface area contributed by atoms with Crippen molar-refractivity contribution in [1.82, 2.24) is 9.55 Å². The number of imidazole rings is 1. The molecule has 0 fully saturated rings. The lowest BCUT2D eigenvalue weighted by atomic mass is 10.1. The Morgan fingerprint density at radius 1 is 1.07 bits per heavy atom. The van der Waals surface area contributed by atoms with Crippen molar-refractivity contribution < 1.29 is 19.0 Å². The van der Waals surface area contributed by atoms with Gasteiger partial charge in [0, 0.05) is 25.1 Å². The van der Waals surface area contributed by atoms with Crippen LogP contribution >= 0.6 is 0 Å². The zero-order valence-electron chi connectivity index (χ0n) is 16.1. The summed E-state index contributed by atoms with van der Waals surface area (Å²) in [4.78, 5) is 16.5. The normalized spacial score (nSPS) is 10.4. The van der Waals surface area contributed by atoms with Gasteiger partial charge in [-0.15, -0.1) is 0 Å². The Morgan fingerprint density at radius 2 is 1.82 bits per heavy atom. The molecule has 0 atom stereocenters. The summed E-state index contributed by atoms with van der Waals surface area (Å²) >= 11 is 0. The number of nitrogens with zero attached hydrogens (tertiary/aromatic N) is 2. The molecule has 1 aromatic heterocycles. The maximum atomic E-state index is 12.3. The number of aryl methyl sites for hydroxylation is 1. The molecule has 3 rings (SSSR count). The van der Waals surface area contributed by atoms with Crippen LogP contribution < -0.4 is 19.5 Å². The first-order chi connectivity index (χ1) is 13.6. The van der Waals surface area contributed by atoms with Crippen LogP contribution in [0.1, 0.15) is 11.4 Å². The monoisotopic (exact) mass is 381 g/mol. The lowest BCUT2D eigenvalue weighted by Gasteiger charge is -2.10. The second-order valence-electron chi connectivity index (χ2n) is 6.18. The summed E-state index contributed by atoms with van der Waals surface area (Å²) in [5, 5.41) is 2.88. The van der Waals surface area contributed by atoms with E-state index < -0.39 is 0 Å². The number of carbonyl (C=O) groups excluding carboxylic acids is 1. The maximum absolute atomic E-state index is 12.3. The van der Waals surface area contributed by atoms with Gasteiger partial charge in [-0.3, -0.25) is 4.79 Å². The number of benzene rings is 2. The Labute approximate surface area is 163 Å². The van der Waals surface area contributed by atoms with E-state index in [0.717, 1.165) is 11.4 Å². The van der Waals surface area contributed by atoms with Crippen LogP contribution in [0.3, 0.4) is 0 Å². The Balaban J connectivity index is 1.55. The van der Waals surface area contributed by atoms with E-state index in [2.05, 4.69) is 10.3 Å². The Hall–Kier alpha value is -3.48. The van der Waals surface area contributed by atoms with Gasteiger partial charge in [-0.25, -0.2) is 4.98 Å². The Kier molecular flexibility index (Phi) is 6.16. The number of ether oxygens (including phenoxy) is 3. The van der Waals surface area contributed by atoms with Gasteiger partial charge in [0.05, 0.1) is 20.6 Å². The summed E-state index contributed by atoms with van der Waals surface area (Å²) < 4.78 is 18.1. The maximum Gasteiger partial charge on any atom is 0.228 e. The minimum absolute atomic E-state index is 0.117. The van der Waals surface area contributed by atoms with E-state index in [1.54, 1.807) is 44.7 Å². The molecule has 7 nitrogen and oxygen atoms in total. The van der Waals surface area contributed by atoms with Gasteiger partial charge in [-0.05, 0) is 42.0 Å². The molecule has 0 unspecified atom stereocenters. The van der Waals surface area contributed by atoms with E-state index >= 15 is 0 Å². The summed E-state index contributed by atoms with van der Waals surface area (Å²) in [5.41, 5.74) is 1.54. The van der Waals surface area contributed by atoms with Crippen molar-refractivity contribution in [3.05, 3.63) is 66.2 Å². The zero-order valence-corrected chi connectivity index (χ0v) is 16.1. The molecule has 0 saturated heterocycles. The Morgan fingerprint density at radius 3 is 2.46 bits per heavy atom. The van der Waals surface area contributed by atoms with E-state index in [-0.39, 0.29) is 12.3 Å². The van der Waals surface area contributed by atoms with Crippen molar-refractivity contribution >= 4 is 11.6 Å². The van der Waals surface area contributed by atoms with Crippen LogP contribution in [0.4, 0.5) is 5.69 Å². The van der Waals surface area contributed by atoms with E-state index in [0.29, 0.717) is 29.5 Å². The summed E-state index contributed by atoms with van der Waals surface area (Å²) in [5.74, 6) is 2.66. The first-order valence-corrected chi connectivity index (χ1v) is 8.79. The van der Waals surface area contributed by atoms with Crippen LogP contribution in [-0.2, 0) is 24.9 Å². The fourth-order valence-corrected chi connectivity index (χ4v) is 2.70. The van der Waals surface area contributed by atoms with Crippen molar-refractivity contribution in [2.45, 2.75) is 13.0 Å². The smallest absolute Gasteiger partial charge is 0.228 e. The third-order valence-electron chi connectivity index (χ3n) is 4.24. The fourth-order valence-electron chi connectivity index (χ4n) is 2.70. The molecule has 0 aliphatic heterocycles. The van der Waals surface area contributed by atoms with E-state index in [1.807, 2.05) is 36.0 Å². The zero-order chi connectivity index (χ0) is 19.9. The van der Waals surface area contributed by atoms with Crippen LogP contribution in [0.5, 0.6) is 17.2 Å². The number of anilines is 1. The van der Waals surface area contributed by atoms with Gasteiger partial charge in [0.25, 0.3) is 0 Å². The van der Waals surface area contributed by atoms with Gasteiger partial charge in [0.15, 0.2) is 11.5 Å². The minimum atomic E-state index is -0.117. The molecule has 0 aliphatic carbocycles. The fraction of sp³-hybridized carbons (Fsp3) is 0.238. The van der Waals surface area contributed by atoms with Crippen molar-refractivity contribution in [2.24, 2.45) is 7.05 Å².